The molecule has 16 heteroatoms. The molecule has 332 valence electrons. The second-order valence-corrected chi connectivity index (χ2v) is 17.8. The summed E-state index contributed by atoms with van der Waals surface area (Å²) in [5.41, 5.74) is 4.88. The van der Waals surface area contributed by atoms with Crippen molar-refractivity contribution in [3.05, 3.63) is 58.0 Å². The summed E-state index contributed by atoms with van der Waals surface area (Å²) in [7, 11) is 1.44. The number of allylic oxidation sites excluding steroid dienone is 2. The Balaban J connectivity index is 1.54. The van der Waals surface area contributed by atoms with E-state index in [-0.39, 0.29) is 55.4 Å². The van der Waals surface area contributed by atoms with Gasteiger partial charge in [-0.1, -0.05) is 59.8 Å². The lowest BCUT2D eigenvalue weighted by atomic mass is 9.78. The van der Waals surface area contributed by atoms with E-state index in [1.54, 1.807) is 59.8 Å². The van der Waals surface area contributed by atoms with Crippen LogP contribution in [0.15, 0.2) is 46.1 Å². The smallest absolute Gasteiger partial charge is 0.404 e. The molecule has 0 aliphatic carbocycles. The second-order valence-electron chi connectivity index (χ2n) is 17.8. The number of anilines is 1. The van der Waals surface area contributed by atoms with Crippen LogP contribution >= 0.6 is 0 Å². The fourth-order valence-corrected chi connectivity index (χ4v) is 9.14. The minimum absolute atomic E-state index is 0.0226. The number of likely N-dealkylation sites (tertiary alicyclic amines) is 1. The summed E-state index contributed by atoms with van der Waals surface area (Å²) in [4.78, 5) is 53.4. The molecule has 0 saturated carbocycles. The third-order valence-corrected chi connectivity index (χ3v) is 12.8. The minimum atomic E-state index is -1.98. The summed E-state index contributed by atoms with van der Waals surface area (Å²) in [6.45, 7) is 18.0. The number of nitrogens with two attached hydrogens (primary N) is 1. The van der Waals surface area contributed by atoms with E-state index in [1.807, 2.05) is 0 Å². The fraction of sp³-hybridized carbons (Fsp3) is 0.578. The highest BCUT2D eigenvalue weighted by molar-refractivity contribution is 6.19. The molecule has 4 bridgehead atoms. The second kappa shape index (κ2) is 17.4. The highest BCUT2D eigenvalue weighted by atomic mass is 16.7. The quantitative estimate of drug-likeness (QED) is 0.237. The van der Waals surface area contributed by atoms with Crippen molar-refractivity contribution in [1.29, 1.82) is 0 Å². The van der Waals surface area contributed by atoms with Gasteiger partial charge < -0.3 is 55.3 Å². The number of hydrogen-bond donors (Lipinski definition) is 6. The number of piperidine rings is 1. The fourth-order valence-electron chi connectivity index (χ4n) is 9.14. The molecule has 2 amide bonds. The van der Waals surface area contributed by atoms with Crippen LogP contribution in [0.1, 0.15) is 84.2 Å². The normalized spacial score (nSPS) is 32.6. The number of hydrogen-bond acceptors (Lipinski definition) is 14. The van der Waals surface area contributed by atoms with Crippen molar-refractivity contribution >= 4 is 34.2 Å². The molecular formula is C45H61N5O11. The number of nitrogens with one attached hydrogen (secondary N) is 1. The average molecular weight is 848 g/mol. The van der Waals surface area contributed by atoms with Gasteiger partial charge in [0.05, 0.1) is 40.9 Å². The van der Waals surface area contributed by atoms with E-state index in [0.29, 0.717) is 31.8 Å². The van der Waals surface area contributed by atoms with Crippen molar-refractivity contribution in [2.45, 2.75) is 111 Å². The van der Waals surface area contributed by atoms with Gasteiger partial charge >= 0.3 is 11.9 Å². The van der Waals surface area contributed by atoms with Crippen LogP contribution < -0.4 is 26.5 Å². The van der Waals surface area contributed by atoms with Crippen molar-refractivity contribution < 1.29 is 53.8 Å². The number of methoxy groups -OCH3 is 1. The number of rotatable bonds is 4. The number of carbonyl (C=O) groups excluding carboxylic acids is 3. The SMILES string of the molecule is CO[C@H]1/C=C/O[C@@]2(C)Oc3c(C)c(O)c4c(O)c(c5c(c4c3C2=O)=NC2(CCN(CC(C)C)CC2)N=5)NC(=O)/C(C)=C\C=C\[C@H](C)[C@H](O)[C@@H](C)[C@@H](O)[C@@H](C)[C@H](OC(N)=O)[C@@H]1C. The highest BCUT2D eigenvalue weighted by Crippen LogP contribution is 2.50. The Morgan fingerprint density at radius 2 is 1.64 bits per heavy atom. The van der Waals surface area contributed by atoms with Gasteiger partial charge in [-0.25, -0.2) is 4.79 Å². The van der Waals surface area contributed by atoms with Crippen molar-refractivity contribution in [2.24, 2.45) is 45.3 Å². The van der Waals surface area contributed by atoms with Gasteiger partial charge in [-0.15, -0.1) is 0 Å². The van der Waals surface area contributed by atoms with Crippen molar-refractivity contribution in [3.63, 3.8) is 0 Å². The van der Waals surface area contributed by atoms with Crippen LogP contribution in [0, 0.1) is 36.5 Å². The summed E-state index contributed by atoms with van der Waals surface area (Å²) in [6.07, 6.45) is 3.56. The first-order chi connectivity index (χ1) is 28.6. The summed E-state index contributed by atoms with van der Waals surface area (Å²) in [6, 6.07) is 0. The van der Waals surface area contributed by atoms with Crippen molar-refractivity contribution in [2.75, 3.05) is 32.1 Å². The molecule has 4 aliphatic heterocycles. The molecular weight excluding hydrogens is 787 g/mol. The van der Waals surface area contributed by atoms with Crippen molar-refractivity contribution in [3.8, 4) is 17.2 Å². The zero-order valence-corrected chi connectivity index (χ0v) is 36.7. The van der Waals surface area contributed by atoms with E-state index in [9.17, 15) is 34.8 Å². The molecule has 61 heavy (non-hydrogen) atoms. The molecule has 4 heterocycles. The molecule has 6 rings (SSSR count). The number of carbonyl (C=O) groups is 3. The van der Waals surface area contributed by atoms with E-state index >= 15 is 0 Å². The molecule has 0 unspecified atom stereocenters. The van der Waals surface area contributed by atoms with Gasteiger partial charge in [0.25, 0.3) is 11.7 Å². The van der Waals surface area contributed by atoms with E-state index in [0.717, 1.165) is 6.54 Å². The van der Waals surface area contributed by atoms with Crippen LogP contribution in [-0.4, -0.2) is 106 Å². The molecule has 1 fully saturated rings. The number of phenols is 2. The Kier molecular flexibility index (Phi) is 13.0. The Morgan fingerprint density at radius 1 is 0.984 bits per heavy atom. The maximum absolute atomic E-state index is 14.7. The molecule has 2 aromatic rings. The Labute approximate surface area is 355 Å². The highest BCUT2D eigenvalue weighted by Gasteiger charge is 2.50. The average Bonchev–Trinajstić information content (AvgIpc) is 3.71. The van der Waals surface area contributed by atoms with Crippen LogP contribution in [0.25, 0.3) is 10.8 Å². The lowest BCUT2D eigenvalue weighted by Crippen LogP contribution is -2.47. The minimum Gasteiger partial charge on any atom is -0.507 e. The summed E-state index contributed by atoms with van der Waals surface area (Å²) >= 11 is 0. The molecule has 2 aromatic carbocycles. The zero-order valence-electron chi connectivity index (χ0n) is 36.7. The Morgan fingerprint density at radius 3 is 2.26 bits per heavy atom. The van der Waals surface area contributed by atoms with Crippen LogP contribution in [0.3, 0.4) is 0 Å². The van der Waals surface area contributed by atoms with Crippen LogP contribution in [0.4, 0.5) is 10.5 Å². The number of aromatic hydroxyl groups is 2. The van der Waals surface area contributed by atoms with Crippen molar-refractivity contribution in [1.82, 2.24) is 4.90 Å². The number of ether oxygens (including phenoxy) is 4. The van der Waals surface area contributed by atoms with Gasteiger partial charge in [0.2, 0.25) is 0 Å². The first-order valence-corrected chi connectivity index (χ1v) is 21.0. The summed E-state index contributed by atoms with van der Waals surface area (Å²) in [5, 5.41) is 50.0. The summed E-state index contributed by atoms with van der Waals surface area (Å²) < 4.78 is 23.7. The first kappa shape index (κ1) is 45.5. The van der Waals surface area contributed by atoms with E-state index in [2.05, 4.69) is 24.1 Å². The van der Waals surface area contributed by atoms with Gasteiger partial charge in [-0.3, -0.25) is 19.6 Å². The van der Waals surface area contributed by atoms with E-state index in [1.165, 1.54) is 26.4 Å². The number of ketones is 1. The molecule has 0 radical (unpaired) electrons. The molecule has 4 aliphatic rings. The Bertz CT molecular complexity index is 2300. The molecule has 9 atom stereocenters. The molecule has 1 saturated heterocycles. The van der Waals surface area contributed by atoms with Gasteiger partial charge in [0.15, 0.2) is 11.4 Å². The number of fused-ring (bicyclic) bond motifs is 1. The number of Topliss-reactive ketones (excluding diaryl/α,β-unsaturated/α-hetero) is 1. The largest absolute Gasteiger partial charge is 0.507 e. The van der Waals surface area contributed by atoms with Crippen LogP contribution in [0.2, 0.25) is 0 Å². The van der Waals surface area contributed by atoms with Gasteiger partial charge in [-0.2, -0.15) is 0 Å². The monoisotopic (exact) mass is 847 g/mol. The van der Waals surface area contributed by atoms with E-state index < -0.39 is 83.1 Å². The predicted octanol–water partition coefficient (Wildman–Crippen LogP) is 4.28. The summed E-state index contributed by atoms with van der Waals surface area (Å²) in [5.74, 6) is -6.19. The number of amides is 2. The number of aliphatic hydroxyl groups excluding tert-OH is 2. The van der Waals surface area contributed by atoms with Crippen LogP contribution in [0.5, 0.6) is 17.2 Å². The standard InChI is InChI=1S/C45H61N5O11/c1-21(2)20-50-17-15-45(16-18-50)48-32-29-30-37(53)27(8)40-31(29)41(55)44(9,61-40)59-19-14-28(58-10)24(5)39(60-43(46)57)26(7)36(52)25(6)35(51)22(3)12-11-13-23(4)42(56)47-34(38(30)54)33(32)49-45/h11-14,19,21-22,24-26,28,35-36,39,51-54H,15-18,20H2,1-10H3,(H2,46,57)(H,47,56)/b12-11+,19-14+,23-13-/t22-,24+,25+,26+,28-,35-,36+,39+,44-/m0/s1. The number of phenolic OH excluding ortho intramolecular Hbond substituents is 2. The number of aliphatic hydroxyl groups is 2. The number of primary amides is 1. The maximum atomic E-state index is 14.7. The third-order valence-electron chi connectivity index (χ3n) is 12.8. The zero-order chi connectivity index (χ0) is 44.9. The van der Waals surface area contributed by atoms with Gasteiger partial charge in [-0.05, 0) is 25.8 Å². The molecule has 7 N–H and O–H groups in total. The molecule has 1 spiro atoms. The van der Waals surface area contributed by atoms with Crippen LogP contribution in [-0.2, 0) is 19.0 Å². The molecule has 0 aromatic heterocycles. The third kappa shape index (κ3) is 8.47. The topological polar surface area (TPSA) is 235 Å². The predicted molar refractivity (Wildman–Crippen MR) is 227 cm³/mol. The van der Waals surface area contributed by atoms with E-state index in [4.69, 9.17) is 34.7 Å². The van der Waals surface area contributed by atoms with Gasteiger partial charge in [0.1, 0.15) is 28.6 Å². The molecule has 16 nitrogen and oxygen atoms in total. The number of nitrogens with zero attached hydrogens (tertiary/aromatic N) is 3. The first-order valence-electron chi connectivity index (χ1n) is 21.0. The van der Waals surface area contributed by atoms with Gasteiger partial charge in [0, 0.05) is 86.7 Å². The lowest BCUT2D eigenvalue weighted by molar-refractivity contribution is -0.112. The maximum Gasteiger partial charge on any atom is 0.404 e. The Hall–Kier alpha value is -5.03. The number of benzene rings is 2. The lowest BCUT2D eigenvalue weighted by Gasteiger charge is -2.37.